The van der Waals surface area contributed by atoms with Crippen LogP contribution in [0, 0.1) is 5.92 Å². The van der Waals surface area contributed by atoms with Gasteiger partial charge in [0.1, 0.15) is 0 Å². The monoisotopic (exact) mass is 371 g/mol. The van der Waals surface area contributed by atoms with E-state index < -0.39 is 18.1 Å². The van der Waals surface area contributed by atoms with Crippen molar-refractivity contribution in [1.82, 2.24) is 15.2 Å². The molecule has 1 amide bonds. The van der Waals surface area contributed by atoms with Gasteiger partial charge in [-0.3, -0.25) is 9.78 Å². The fourth-order valence-electron chi connectivity index (χ4n) is 3.74. The van der Waals surface area contributed by atoms with Crippen molar-refractivity contribution in [2.24, 2.45) is 5.92 Å². The van der Waals surface area contributed by atoms with Gasteiger partial charge in [-0.05, 0) is 44.8 Å². The first kappa shape index (κ1) is 19.1. The number of carbonyl (C=O) groups excluding carboxylic acids is 1. The molecule has 1 atom stereocenters. The van der Waals surface area contributed by atoms with Crippen LogP contribution < -0.4 is 5.32 Å². The second kappa shape index (κ2) is 8.35. The van der Waals surface area contributed by atoms with Crippen molar-refractivity contribution in [2.75, 3.05) is 26.3 Å². The Morgan fingerprint density at radius 3 is 2.50 bits per heavy atom. The molecule has 2 fully saturated rings. The maximum atomic E-state index is 13.4. The highest BCUT2D eigenvalue weighted by molar-refractivity contribution is 5.79. The fourth-order valence-corrected chi connectivity index (χ4v) is 3.74. The molecule has 144 valence electrons. The highest BCUT2D eigenvalue weighted by atomic mass is 19.4. The molecule has 0 spiro atoms. The van der Waals surface area contributed by atoms with Gasteiger partial charge in [0.15, 0.2) is 6.04 Å². The molecule has 26 heavy (non-hydrogen) atoms. The van der Waals surface area contributed by atoms with Gasteiger partial charge in [-0.1, -0.05) is 6.07 Å². The molecule has 1 N–H and O–H groups in total. The van der Waals surface area contributed by atoms with Gasteiger partial charge in [-0.2, -0.15) is 13.2 Å². The number of hydrogen-bond acceptors (Lipinski definition) is 4. The molecule has 2 aliphatic rings. The van der Waals surface area contributed by atoms with Crippen molar-refractivity contribution >= 4 is 5.91 Å². The number of pyridine rings is 1. The lowest BCUT2D eigenvalue weighted by Crippen LogP contribution is -2.48. The summed E-state index contributed by atoms with van der Waals surface area (Å²) >= 11 is 0. The number of carbonyl (C=O) groups is 1. The molecule has 3 heterocycles. The van der Waals surface area contributed by atoms with Crippen LogP contribution in [0.2, 0.25) is 0 Å². The normalized spacial score (nSPS) is 22.1. The van der Waals surface area contributed by atoms with E-state index in [-0.39, 0.29) is 11.5 Å². The second-order valence-electron chi connectivity index (χ2n) is 6.92. The zero-order valence-electron chi connectivity index (χ0n) is 14.5. The molecule has 0 saturated carbocycles. The molecule has 0 aliphatic carbocycles. The van der Waals surface area contributed by atoms with Crippen LogP contribution in [0.3, 0.4) is 0 Å². The minimum Gasteiger partial charge on any atom is -0.381 e. The molecule has 0 radical (unpaired) electrons. The summed E-state index contributed by atoms with van der Waals surface area (Å²) in [6.45, 7) is 2.99. The fraction of sp³-hybridized carbons (Fsp3) is 0.667. The van der Waals surface area contributed by atoms with E-state index in [0.29, 0.717) is 18.9 Å². The number of rotatable bonds is 4. The Hall–Kier alpha value is -1.67. The third kappa shape index (κ3) is 4.73. The van der Waals surface area contributed by atoms with Crippen LogP contribution in [0.5, 0.6) is 0 Å². The molecular formula is C18H24F3N3O2. The topological polar surface area (TPSA) is 54.5 Å². The van der Waals surface area contributed by atoms with Crippen LogP contribution in [0.1, 0.15) is 37.3 Å². The molecule has 2 saturated heterocycles. The van der Waals surface area contributed by atoms with E-state index in [1.165, 1.54) is 18.3 Å². The lowest BCUT2D eigenvalue weighted by atomic mass is 9.93. The highest BCUT2D eigenvalue weighted by Crippen LogP contribution is 2.33. The summed E-state index contributed by atoms with van der Waals surface area (Å²) in [4.78, 5) is 18.5. The number of amides is 1. The zero-order chi connectivity index (χ0) is 18.6. The average molecular weight is 371 g/mol. The molecule has 5 nitrogen and oxygen atoms in total. The Bertz CT molecular complexity index is 583. The summed E-state index contributed by atoms with van der Waals surface area (Å²) in [6, 6.07) is 1.22. The van der Waals surface area contributed by atoms with Crippen molar-refractivity contribution < 1.29 is 22.7 Å². The Kier molecular flexibility index (Phi) is 6.13. The van der Waals surface area contributed by atoms with Gasteiger partial charge < -0.3 is 15.0 Å². The van der Waals surface area contributed by atoms with E-state index in [1.807, 2.05) is 0 Å². The van der Waals surface area contributed by atoms with Crippen molar-refractivity contribution in [1.29, 1.82) is 0 Å². The lowest BCUT2D eigenvalue weighted by Gasteiger charge is -2.39. The molecule has 0 bridgehead atoms. The predicted molar refractivity (Wildman–Crippen MR) is 89.3 cm³/mol. The van der Waals surface area contributed by atoms with E-state index in [4.69, 9.17) is 4.74 Å². The van der Waals surface area contributed by atoms with Crippen LogP contribution >= 0.6 is 0 Å². The van der Waals surface area contributed by atoms with Crippen LogP contribution in [-0.2, 0) is 9.53 Å². The van der Waals surface area contributed by atoms with Gasteiger partial charge in [-0.25, -0.2) is 0 Å². The quantitative estimate of drug-likeness (QED) is 0.884. The third-order valence-corrected chi connectivity index (χ3v) is 5.24. The number of likely N-dealkylation sites (tertiary alicyclic amines) is 1. The van der Waals surface area contributed by atoms with Gasteiger partial charge in [0.05, 0.1) is 0 Å². The van der Waals surface area contributed by atoms with Gasteiger partial charge in [0.25, 0.3) is 0 Å². The standard InChI is InChI=1S/C18H24F3N3O2/c19-18(20,21)16(14-2-1-7-22-12-14)23-17(25)13-3-8-24(9-4-13)15-5-10-26-11-6-15/h1-2,7,12-13,15-16H,3-6,8-11H2,(H,23,25). The molecule has 1 aromatic heterocycles. The summed E-state index contributed by atoms with van der Waals surface area (Å²) in [7, 11) is 0. The van der Waals surface area contributed by atoms with Gasteiger partial charge in [-0.15, -0.1) is 0 Å². The first-order chi connectivity index (χ1) is 12.4. The number of nitrogens with one attached hydrogen (secondary N) is 1. The Balaban J connectivity index is 1.57. The summed E-state index contributed by atoms with van der Waals surface area (Å²) in [5.74, 6) is -0.907. The minimum absolute atomic E-state index is 0.0482. The highest BCUT2D eigenvalue weighted by Gasteiger charge is 2.43. The van der Waals surface area contributed by atoms with Crippen molar-refractivity contribution in [3.05, 3.63) is 30.1 Å². The van der Waals surface area contributed by atoms with Gasteiger partial charge in [0, 0.05) is 43.1 Å². The first-order valence-electron chi connectivity index (χ1n) is 9.04. The van der Waals surface area contributed by atoms with Crippen LogP contribution in [0.4, 0.5) is 13.2 Å². The molecule has 1 aromatic rings. The SMILES string of the molecule is O=C(NC(c1cccnc1)C(F)(F)F)C1CCN(C2CCOCC2)CC1. The largest absolute Gasteiger partial charge is 0.412 e. The van der Waals surface area contributed by atoms with Crippen molar-refractivity contribution in [3.8, 4) is 0 Å². The number of alkyl halides is 3. The summed E-state index contributed by atoms with van der Waals surface area (Å²) < 4.78 is 45.5. The molecule has 2 aliphatic heterocycles. The Morgan fingerprint density at radius 2 is 1.92 bits per heavy atom. The molecular weight excluding hydrogens is 347 g/mol. The second-order valence-corrected chi connectivity index (χ2v) is 6.92. The average Bonchev–Trinajstić information content (AvgIpc) is 2.66. The van der Waals surface area contributed by atoms with E-state index in [1.54, 1.807) is 0 Å². The van der Waals surface area contributed by atoms with Crippen LogP contribution in [0.25, 0.3) is 0 Å². The van der Waals surface area contributed by atoms with Gasteiger partial charge in [0.2, 0.25) is 5.91 Å². The Morgan fingerprint density at radius 1 is 1.23 bits per heavy atom. The summed E-state index contributed by atoms with van der Waals surface area (Å²) in [5.41, 5.74) is -0.0482. The third-order valence-electron chi connectivity index (χ3n) is 5.24. The number of piperidine rings is 1. The molecule has 8 heteroatoms. The summed E-state index contributed by atoms with van der Waals surface area (Å²) in [5, 5.41) is 2.19. The number of hydrogen-bond donors (Lipinski definition) is 1. The van der Waals surface area contributed by atoms with Crippen LogP contribution in [-0.4, -0.2) is 54.3 Å². The zero-order valence-corrected chi connectivity index (χ0v) is 14.5. The van der Waals surface area contributed by atoms with E-state index in [0.717, 1.165) is 45.3 Å². The van der Waals surface area contributed by atoms with Crippen molar-refractivity contribution in [3.63, 3.8) is 0 Å². The maximum absolute atomic E-state index is 13.4. The number of halogens is 3. The number of aromatic nitrogens is 1. The Labute approximate surface area is 150 Å². The summed E-state index contributed by atoms with van der Waals surface area (Å²) in [6.07, 6.45) is 1.13. The van der Waals surface area contributed by atoms with Crippen molar-refractivity contribution in [2.45, 2.75) is 43.9 Å². The van der Waals surface area contributed by atoms with E-state index in [9.17, 15) is 18.0 Å². The maximum Gasteiger partial charge on any atom is 0.412 e. The first-order valence-corrected chi connectivity index (χ1v) is 9.04. The number of ether oxygens (including phenoxy) is 1. The molecule has 3 rings (SSSR count). The predicted octanol–water partition coefficient (Wildman–Crippen LogP) is 2.69. The van der Waals surface area contributed by atoms with Gasteiger partial charge >= 0.3 is 6.18 Å². The molecule has 1 unspecified atom stereocenters. The number of nitrogens with zero attached hydrogens (tertiary/aromatic N) is 2. The molecule has 0 aromatic carbocycles. The smallest absolute Gasteiger partial charge is 0.381 e. The van der Waals surface area contributed by atoms with E-state index >= 15 is 0 Å². The lowest BCUT2D eigenvalue weighted by molar-refractivity contribution is -0.165. The van der Waals surface area contributed by atoms with E-state index in [2.05, 4.69) is 15.2 Å². The van der Waals surface area contributed by atoms with Crippen LogP contribution in [0.15, 0.2) is 24.5 Å². The minimum atomic E-state index is -4.55.